The molecule has 0 bridgehead atoms. The fraction of sp³-hybridized carbons (Fsp3) is 0.562. The summed E-state index contributed by atoms with van der Waals surface area (Å²) < 4.78 is 22.4. The summed E-state index contributed by atoms with van der Waals surface area (Å²) in [7, 11) is -3.68. The van der Waals surface area contributed by atoms with Crippen molar-refractivity contribution in [3.63, 3.8) is 0 Å². The number of primary sulfonamides is 1. The monoisotopic (exact) mass is 373 g/mol. The smallest absolute Gasteiger partial charge is 0.238 e. The van der Waals surface area contributed by atoms with E-state index in [0.717, 1.165) is 37.9 Å². The normalized spacial score (nSPS) is 24.9. The van der Waals surface area contributed by atoms with Gasteiger partial charge in [-0.3, -0.25) is 4.79 Å². The van der Waals surface area contributed by atoms with Gasteiger partial charge in [0.15, 0.2) is 0 Å². The standard InChI is InChI=1S/C16H23N3O3S.ClH/c1-15(11-16(15)6-8-18-9-7-16)14(20)19-10-12-2-4-13(5-3-12)23(17,21)22;/h2-5,18H,6-11H2,1H3,(H,19,20)(H2,17,21,22);1H. The molecule has 1 unspecified atom stereocenters. The van der Waals surface area contributed by atoms with Gasteiger partial charge in [-0.15, -0.1) is 12.4 Å². The Bertz CT molecular complexity index is 715. The maximum atomic E-state index is 12.6. The summed E-state index contributed by atoms with van der Waals surface area (Å²) in [4.78, 5) is 12.6. The lowest BCUT2D eigenvalue weighted by Gasteiger charge is -2.27. The van der Waals surface area contributed by atoms with Crippen molar-refractivity contribution in [3.05, 3.63) is 29.8 Å². The van der Waals surface area contributed by atoms with Gasteiger partial charge >= 0.3 is 0 Å². The van der Waals surface area contributed by atoms with Crippen LogP contribution in [0, 0.1) is 10.8 Å². The Hall–Kier alpha value is -1.15. The van der Waals surface area contributed by atoms with Crippen LogP contribution in [0.25, 0.3) is 0 Å². The van der Waals surface area contributed by atoms with Gasteiger partial charge in [0.2, 0.25) is 15.9 Å². The van der Waals surface area contributed by atoms with Crippen molar-refractivity contribution >= 4 is 28.3 Å². The number of piperidine rings is 1. The Kier molecular flexibility index (Phi) is 5.30. The van der Waals surface area contributed by atoms with Crippen molar-refractivity contribution < 1.29 is 13.2 Å². The number of hydrogen-bond acceptors (Lipinski definition) is 4. The minimum atomic E-state index is -3.68. The molecule has 1 aliphatic carbocycles. The molecule has 1 aliphatic heterocycles. The highest BCUT2D eigenvalue weighted by atomic mass is 35.5. The zero-order chi connectivity index (χ0) is 16.7. The van der Waals surface area contributed by atoms with Gasteiger partial charge in [0.1, 0.15) is 0 Å². The fourth-order valence-electron chi connectivity index (χ4n) is 3.76. The van der Waals surface area contributed by atoms with Crippen LogP contribution in [0.2, 0.25) is 0 Å². The van der Waals surface area contributed by atoms with Crippen LogP contribution in [0.1, 0.15) is 31.7 Å². The van der Waals surface area contributed by atoms with E-state index in [1.54, 1.807) is 12.1 Å². The molecule has 8 heteroatoms. The van der Waals surface area contributed by atoms with Crippen molar-refractivity contribution in [2.45, 2.75) is 37.6 Å². The molecule has 6 nitrogen and oxygen atoms in total. The van der Waals surface area contributed by atoms with Crippen LogP contribution in [-0.2, 0) is 21.4 Å². The summed E-state index contributed by atoms with van der Waals surface area (Å²) in [5.74, 6) is 0.0925. The van der Waals surface area contributed by atoms with E-state index in [4.69, 9.17) is 5.14 Å². The van der Waals surface area contributed by atoms with Crippen molar-refractivity contribution in [1.29, 1.82) is 0 Å². The van der Waals surface area contributed by atoms with E-state index < -0.39 is 10.0 Å². The van der Waals surface area contributed by atoms with Crippen LogP contribution in [-0.4, -0.2) is 27.4 Å². The van der Waals surface area contributed by atoms with Crippen molar-refractivity contribution in [1.82, 2.24) is 10.6 Å². The zero-order valence-electron chi connectivity index (χ0n) is 13.7. The van der Waals surface area contributed by atoms with E-state index in [-0.39, 0.29) is 34.0 Å². The Morgan fingerprint density at radius 3 is 2.38 bits per heavy atom. The molecule has 2 aliphatic rings. The lowest BCUT2D eigenvalue weighted by Crippen LogP contribution is -2.38. The molecule has 1 saturated heterocycles. The molecule has 1 aromatic carbocycles. The molecule has 1 heterocycles. The molecule has 134 valence electrons. The lowest BCUT2D eigenvalue weighted by molar-refractivity contribution is -0.127. The SMILES string of the molecule is CC1(C(=O)NCc2ccc(S(N)(=O)=O)cc2)CC12CCNCC2.Cl. The van der Waals surface area contributed by atoms with Crippen molar-refractivity contribution in [2.75, 3.05) is 13.1 Å². The number of carbonyl (C=O) groups is 1. The van der Waals surface area contributed by atoms with Crippen LogP contribution in [0.4, 0.5) is 0 Å². The average Bonchev–Trinajstić information content (AvgIpc) is 3.09. The predicted octanol–water partition coefficient (Wildman–Crippen LogP) is 1.15. The van der Waals surface area contributed by atoms with Crippen LogP contribution >= 0.6 is 12.4 Å². The third-order valence-electron chi connectivity index (χ3n) is 5.50. The van der Waals surface area contributed by atoms with Crippen molar-refractivity contribution in [2.24, 2.45) is 16.0 Å². The van der Waals surface area contributed by atoms with Gasteiger partial charge in [-0.25, -0.2) is 13.6 Å². The minimum absolute atomic E-state index is 0. The molecule has 1 aromatic rings. The van der Waals surface area contributed by atoms with E-state index in [2.05, 4.69) is 17.6 Å². The molecule has 4 N–H and O–H groups in total. The van der Waals surface area contributed by atoms with Gasteiger partial charge in [-0.05, 0) is 55.5 Å². The topological polar surface area (TPSA) is 101 Å². The molecule has 1 spiro atoms. The Morgan fingerprint density at radius 2 is 1.83 bits per heavy atom. The van der Waals surface area contributed by atoms with Crippen LogP contribution in [0.3, 0.4) is 0 Å². The summed E-state index contributed by atoms with van der Waals surface area (Å²) in [6, 6.07) is 6.28. The summed E-state index contributed by atoms with van der Waals surface area (Å²) >= 11 is 0. The van der Waals surface area contributed by atoms with Crippen LogP contribution in [0.15, 0.2) is 29.2 Å². The second-order valence-corrected chi connectivity index (χ2v) is 8.47. The molecule has 0 radical (unpaired) electrons. The highest BCUT2D eigenvalue weighted by molar-refractivity contribution is 7.89. The first kappa shape index (κ1) is 19.2. The first-order valence-electron chi connectivity index (χ1n) is 7.88. The number of halogens is 1. The third kappa shape index (κ3) is 3.44. The number of amides is 1. The van der Waals surface area contributed by atoms with Gasteiger partial charge in [0, 0.05) is 6.54 Å². The van der Waals surface area contributed by atoms with Gasteiger partial charge < -0.3 is 10.6 Å². The number of carbonyl (C=O) groups excluding carboxylic acids is 1. The Labute approximate surface area is 149 Å². The first-order valence-corrected chi connectivity index (χ1v) is 9.42. The van der Waals surface area contributed by atoms with E-state index in [1.165, 1.54) is 12.1 Å². The molecule has 1 atom stereocenters. The van der Waals surface area contributed by atoms with Gasteiger partial charge in [0.25, 0.3) is 0 Å². The van der Waals surface area contributed by atoms with Crippen LogP contribution in [0.5, 0.6) is 0 Å². The summed E-state index contributed by atoms with van der Waals surface area (Å²) in [5.41, 5.74) is 0.754. The van der Waals surface area contributed by atoms with Crippen molar-refractivity contribution in [3.8, 4) is 0 Å². The molecule has 1 saturated carbocycles. The molecule has 2 fully saturated rings. The van der Waals surface area contributed by atoms with Crippen LogP contribution < -0.4 is 15.8 Å². The molecular weight excluding hydrogens is 350 g/mol. The molecule has 24 heavy (non-hydrogen) atoms. The summed E-state index contributed by atoms with van der Waals surface area (Å²) in [6.07, 6.45) is 3.07. The third-order valence-corrected chi connectivity index (χ3v) is 6.43. The maximum absolute atomic E-state index is 12.6. The van der Waals surface area contributed by atoms with Gasteiger partial charge in [0.05, 0.1) is 10.3 Å². The van der Waals surface area contributed by atoms with E-state index in [1.807, 2.05) is 0 Å². The highest BCUT2D eigenvalue weighted by Crippen LogP contribution is 2.68. The lowest BCUT2D eigenvalue weighted by atomic mass is 9.85. The zero-order valence-corrected chi connectivity index (χ0v) is 15.3. The fourth-order valence-corrected chi connectivity index (χ4v) is 4.28. The molecule has 1 amide bonds. The molecule has 0 aromatic heterocycles. The number of benzene rings is 1. The largest absolute Gasteiger partial charge is 0.352 e. The number of hydrogen-bond donors (Lipinski definition) is 3. The minimum Gasteiger partial charge on any atom is -0.352 e. The Balaban J connectivity index is 0.00000208. The molecular formula is C16H24ClN3O3S. The highest BCUT2D eigenvalue weighted by Gasteiger charge is 2.67. The summed E-state index contributed by atoms with van der Waals surface area (Å²) in [6.45, 7) is 4.42. The van der Waals surface area contributed by atoms with Gasteiger partial charge in [-0.1, -0.05) is 19.1 Å². The molecule has 3 rings (SSSR count). The first-order chi connectivity index (χ1) is 10.8. The Morgan fingerprint density at radius 1 is 1.25 bits per heavy atom. The second-order valence-electron chi connectivity index (χ2n) is 6.91. The van der Waals surface area contributed by atoms with Gasteiger partial charge in [-0.2, -0.15) is 0 Å². The number of sulfonamides is 1. The maximum Gasteiger partial charge on any atom is 0.238 e. The van der Waals surface area contributed by atoms with E-state index in [9.17, 15) is 13.2 Å². The number of nitrogens with one attached hydrogen (secondary N) is 2. The number of nitrogens with two attached hydrogens (primary N) is 1. The average molecular weight is 374 g/mol. The second kappa shape index (κ2) is 6.63. The number of rotatable bonds is 4. The quantitative estimate of drug-likeness (QED) is 0.736. The predicted molar refractivity (Wildman–Crippen MR) is 94.2 cm³/mol. The van der Waals surface area contributed by atoms with E-state index in [0.29, 0.717) is 6.54 Å². The van der Waals surface area contributed by atoms with E-state index >= 15 is 0 Å². The summed E-state index contributed by atoms with van der Waals surface area (Å²) in [5, 5.41) is 11.4.